The lowest BCUT2D eigenvalue weighted by molar-refractivity contribution is 0.167. The maximum Gasteiger partial charge on any atom is 0.0844 e. The monoisotopic (exact) mass is 188 g/mol. The predicted octanol–water partition coefficient (Wildman–Crippen LogP) is 1.53. The third-order valence-electron chi connectivity index (χ3n) is 1.73. The van der Waals surface area contributed by atoms with Crippen molar-refractivity contribution in [1.82, 2.24) is 9.78 Å². The van der Waals surface area contributed by atoms with Crippen molar-refractivity contribution in [3.63, 3.8) is 0 Å². The van der Waals surface area contributed by atoms with Gasteiger partial charge in [-0.3, -0.25) is 4.68 Å². The summed E-state index contributed by atoms with van der Waals surface area (Å²) in [5.41, 5.74) is 1.73. The van der Waals surface area contributed by atoms with Crippen molar-refractivity contribution >= 4 is 11.6 Å². The van der Waals surface area contributed by atoms with Gasteiger partial charge in [0.15, 0.2) is 0 Å². The normalized spacial score (nSPS) is 13.4. The molecule has 0 aliphatic carbocycles. The minimum absolute atomic E-state index is 0.390. The predicted molar refractivity (Wildman–Crippen MR) is 48.4 cm³/mol. The Morgan fingerprint density at radius 1 is 1.58 bits per heavy atom. The van der Waals surface area contributed by atoms with Gasteiger partial charge in [0.2, 0.25) is 0 Å². The first kappa shape index (κ1) is 9.55. The largest absolute Gasteiger partial charge is 0.391 e. The number of aromatic nitrogens is 2. The summed E-state index contributed by atoms with van der Waals surface area (Å²) >= 11 is 5.92. The van der Waals surface area contributed by atoms with Crippen LogP contribution in [0, 0.1) is 13.8 Å². The van der Waals surface area contributed by atoms with Crippen molar-refractivity contribution in [3.8, 4) is 0 Å². The van der Waals surface area contributed by atoms with Crippen LogP contribution in [0.25, 0.3) is 0 Å². The standard InChI is InChI=1S/C8H13ClN2O/c1-5(12)4-11-7(3)8(9)6(2)10-11/h5,12H,4H2,1-3H3. The van der Waals surface area contributed by atoms with E-state index in [9.17, 15) is 0 Å². The zero-order valence-electron chi connectivity index (χ0n) is 7.50. The molecular formula is C8H13ClN2O. The highest BCUT2D eigenvalue weighted by molar-refractivity contribution is 6.31. The summed E-state index contributed by atoms with van der Waals surface area (Å²) in [6.45, 7) is 5.97. The van der Waals surface area contributed by atoms with Crippen LogP contribution in [0.3, 0.4) is 0 Å². The van der Waals surface area contributed by atoms with Crippen LogP contribution in [0.5, 0.6) is 0 Å². The summed E-state index contributed by atoms with van der Waals surface area (Å²) in [6, 6.07) is 0. The third-order valence-corrected chi connectivity index (χ3v) is 2.28. The van der Waals surface area contributed by atoms with Gasteiger partial charge in [-0.2, -0.15) is 5.10 Å². The van der Waals surface area contributed by atoms with Crippen molar-refractivity contribution in [2.24, 2.45) is 0 Å². The van der Waals surface area contributed by atoms with Gasteiger partial charge in [0.25, 0.3) is 0 Å². The minimum Gasteiger partial charge on any atom is -0.391 e. The zero-order valence-corrected chi connectivity index (χ0v) is 8.26. The maximum absolute atomic E-state index is 9.13. The van der Waals surface area contributed by atoms with E-state index >= 15 is 0 Å². The molecule has 0 aliphatic rings. The fourth-order valence-electron chi connectivity index (χ4n) is 1.10. The number of aliphatic hydroxyl groups excluding tert-OH is 1. The number of aliphatic hydroxyl groups is 1. The van der Waals surface area contributed by atoms with Gasteiger partial charge in [0.1, 0.15) is 0 Å². The van der Waals surface area contributed by atoms with Crippen LogP contribution >= 0.6 is 11.6 Å². The van der Waals surface area contributed by atoms with E-state index in [1.807, 2.05) is 13.8 Å². The average Bonchev–Trinajstić information content (AvgIpc) is 2.17. The molecule has 1 rings (SSSR count). The quantitative estimate of drug-likeness (QED) is 0.765. The smallest absolute Gasteiger partial charge is 0.0844 e. The molecule has 12 heavy (non-hydrogen) atoms. The van der Waals surface area contributed by atoms with Crippen LogP contribution in [0.2, 0.25) is 5.02 Å². The van der Waals surface area contributed by atoms with Crippen LogP contribution in [0.15, 0.2) is 0 Å². The van der Waals surface area contributed by atoms with Gasteiger partial charge in [0.05, 0.1) is 29.1 Å². The number of aryl methyl sites for hydroxylation is 1. The SMILES string of the molecule is Cc1nn(CC(C)O)c(C)c1Cl. The second-order valence-electron chi connectivity index (χ2n) is 3.02. The summed E-state index contributed by atoms with van der Waals surface area (Å²) < 4.78 is 1.72. The van der Waals surface area contributed by atoms with Crippen molar-refractivity contribution in [3.05, 3.63) is 16.4 Å². The number of halogens is 1. The Balaban J connectivity index is 2.93. The van der Waals surface area contributed by atoms with Crippen LogP contribution in [-0.2, 0) is 6.54 Å². The van der Waals surface area contributed by atoms with Crippen LogP contribution < -0.4 is 0 Å². The highest BCUT2D eigenvalue weighted by Gasteiger charge is 2.09. The lowest BCUT2D eigenvalue weighted by Gasteiger charge is -2.05. The van der Waals surface area contributed by atoms with E-state index in [1.165, 1.54) is 0 Å². The van der Waals surface area contributed by atoms with Gasteiger partial charge < -0.3 is 5.11 Å². The molecule has 0 radical (unpaired) electrons. The Labute approximate surface area is 77.0 Å². The van der Waals surface area contributed by atoms with E-state index in [0.29, 0.717) is 11.6 Å². The minimum atomic E-state index is -0.390. The number of hydrogen-bond acceptors (Lipinski definition) is 2. The van der Waals surface area contributed by atoms with Crippen molar-refractivity contribution < 1.29 is 5.11 Å². The third kappa shape index (κ3) is 1.79. The molecule has 0 saturated heterocycles. The Kier molecular flexibility index (Phi) is 2.75. The molecule has 0 aliphatic heterocycles. The molecule has 0 bridgehead atoms. The molecule has 1 N–H and O–H groups in total. The molecule has 1 unspecified atom stereocenters. The van der Waals surface area contributed by atoms with Gasteiger partial charge in [-0.25, -0.2) is 0 Å². The van der Waals surface area contributed by atoms with E-state index in [-0.39, 0.29) is 6.10 Å². The second kappa shape index (κ2) is 3.46. The highest BCUT2D eigenvalue weighted by atomic mass is 35.5. The number of nitrogens with zero attached hydrogens (tertiary/aromatic N) is 2. The molecule has 1 heterocycles. The maximum atomic E-state index is 9.13. The Morgan fingerprint density at radius 2 is 2.17 bits per heavy atom. The van der Waals surface area contributed by atoms with E-state index in [2.05, 4.69) is 5.10 Å². The van der Waals surface area contributed by atoms with Gasteiger partial charge in [-0.1, -0.05) is 11.6 Å². The first-order chi connectivity index (χ1) is 5.52. The van der Waals surface area contributed by atoms with Gasteiger partial charge in [-0.15, -0.1) is 0 Å². The van der Waals surface area contributed by atoms with Crippen LogP contribution in [0.1, 0.15) is 18.3 Å². The Morgan fingerprint density at radius 3 is 2.50 bits per heavy atom. The molecule has 1 aromatic rings. The van der Waals surface area contributed by atoms with Crippen LogP contribution in [-0.4, -0.2) is 21.0 Å². The van der Waals surface area contributed by atoms with Crippen molar-refractivity contribution in [1.29, 1.82) is 0 Å². The molecule has 0 aromatic carbocycles. The molecule has 68 valence electrons. The second-order valence-corrected chi connectivity index (χ2v) is 3.39. The number of hydrogen-bond donors (Lipinski definition) is 1. The van der Waals surface area contributed by atoms with E-state index in [0.717, 1.165) is 11.4 Å². The molecule has 4 heteroatoms. The average molecular weight is 189 g/mol. The molecular weight excluding hydrogens is 176 g/mol. The Bertz CT molecular complexity index is 281. The lowest BCUT2D eigenvalue weighted by atomic mass is 10.4. The molecule has 3 nitrogen and oxygen atoms in total. The summed E-state index contributed by atoms with van der Waals surface area (Å²) in [5.74, 6) is 0. The fourth-order valence-corrected chi connectivity index (χ4v) is 1.24. The first-order valence-electron chi connectivity index (χ1n) is 3.90. The molecule has 0 saturated carbocycles. The zero-order chi connectivity index (χ0) is 9.30. The summed E-state index contributed by atoms with van der Waals surface area (Å²) in [4.78, 5) is 0. The van der Waals surface area contributed by atoms with E-state index in [1.54, 1.807) is 11.6 Å². The van der Waals surface area contributed by atoms with E-state index < -0.39 is 0 Å². The molecule has 0 spiro atoms. The molecule has 0 fully saturated rings. The Hall–Kier alpha value is -0.540. The van der Waals surface area contributed by atoms with Crippen LogP contribution in [0.4, 0.5) is 0 Å². The lowest BCUT2D eigenvalue weighted by Crippen LogP contribution is -2.14. The van der Waals surface area contributed by atoms with E-state index in [4.69, 9.17) is 16.7 Å². The van der Waals surface area contributed by atoms with Crippen molar-refractivity contribution in [2.75, 3.05) is 0 Å². The van der Waals surface area contributed by atoms with Gasteiger partial charge in [0, 0.05) is 0 Å². The summed E-state index contributed by atoms with van der Waals surface area (Å²) in [5, 5.41) is 14.0. The molecule has 0 amide bonds. The fraction of sp³-hybridized carbons (Fsp3) is 0.625. The molecule has 1 atom stereocenters. The summed E-state index contributed by atoms with van der Waals surface area (Å²) in [6.07, 6.45) is -0.390. The highest BCUT2D eigenvalue weighted by Crippen LogP contribution is 2.18. The summed E-state index contributed by atoms with van der Waals surface area (Å²) in [7, 11) is 0. The van der Waals surface area contributed by atoms with Gasteiger partial charge in [-0.05, 0) is 20.8 Å². The van der Waals surface area contributed by atoms with Crippen molar-refractivity contribution in [2.45, 2.75) is 33.4 Å². The van der Waals surface area contributed by atoms with Gasteiger partial charge >= 0.3 is 0 Å². The first-order valence-corrected chi connectivity index (χ1v) is 4.27. The topological polar surface area (TPSA) is 38.0 Å². The number of rotatable bonds is 2. The molecule has 1 aromatic heterocycles.